The number of amides is 1. The van der Waals surface area contributed by atoms with E-state index in [1.54, 1.807) is 35.3 Å². The molecule has 0 saturated heterocycles. The maximum atomic E-state index is 12.6. The summed E-state index contributed by atoms with van der Waals surface area (Å²) in [5.41, 5.74) is 0.319. The van der Waals surface area contributed by atoms with E-state index < -0.39 is 11.4 Å². The van der Waals surface area contributed by atoms with Gasteiger partial charge in [-0.1, -0.05) is 31.4 Å². The molecular weight excluding hydrogens is 306 g/mol. The Morgan fingerprint density at radius 2 is 1.92 bits per heavy atom. The van der Waals surface area contributed by atoms with E-state index in [0.29, 0.717) is 24.1 Å². The van der Waals surface area contributed by atoms with Gasteiger partial charge in [0.05, 0.1) is 16.7 Å². The lowest BCUT2D eigenvalue weighted by Crippen LogP contribution is -2.44. The molecule has 24 heavy (non-hydrogen) atoms. The molecule has 3 rings (SSSR count). The number of rotatable bonds is 5. The molecule has 0 aliphatic heterocycles. The fraction of sp³-hybridized carbons (Fsp3) is 0.389. The summed E-state index contributed by atoms with van der Waals surface area (Å²) in [6.07, 6.45) is 7.50. The zero-order valence-electron chi connectivity index (χ0n) is 13.4. The molecule has 1 fully saturated rings. The number of carbonyl (C=O) groups is 2. The number of hydrogen-bond donors (Lipinski definition) is 2. The van der Waals surface area contributed by atoms with Crippen LogP contribution in [0.25, 0.3) is 5.69 Å². The molecule has 0 atom stereocenters. The van der Waals surface area contributed by atoms with E-state index in [9.17, 15) is 14.7 Å². The van der Waals surface area contributed by atoms with Gasteiger partial charge in [-0.3, -0.25) is 9.59 Å². The Balaban J connectivity index is 1.77. The summed E-state index contributed by atoms with van der Waals surface area (Å²) in [7, 11) is 0. The first-order valence-electron chi connectivity index (χ1n) is 8.23. The van der Waals surface area contributed by atoms with Crippen LogP contribution in [0, 0.1) is 5.41 Å². The lowest BCUT2D eigenvalue weighted by molar-refractivity contribution is -0.150. The van der Waals surface area contributed by atoms with E-state index in [4.69, 9.17) is 0 Å². The van der Waals surface area contributed by atoms with Gasteiger partial charge in [-0.15, -0.1) is 0 Å². The number of hydrogen-bond acceptors (Lipinski definition) is 3. The lowest BCUT2D eigenvalue weighted by Gasteiger charge is -2.33. The predicted molar refractivity (Wildman–Crippen MR) is 89.1 cm³/mol. The van der Waals surface area contributed by atoms with E-state index in [2.05, 4.69) is 10.4 Å². The average molecular weight is 327 g/mol. The monoisotopic (exact) mass is 327 g/mol. The molecule has 1 saturated carbocycles. The van der Waals surface area contributed by atoms with Crippen LogP contribution in [0.15, 0.2) is 42.7 Å². The molecule has 0 bridgehead atoms. The summed E-state index contributed by atoms with van der Waals surface area (Å²) in [5, 5.41) is 16.6. The van der Waals surface area contributed by atoms with Crippen molar-refractivity contribution in [3.05, 3.63) is 48.3 Å². The molecular formula is C18H21N3O3. The summed E-state index contributed by atoms with van der Waals surface area (Å²) in [5.74, 6) is -1.09. The number of nitrogens with one attached hydrogen (secondary N) is 1. The van der Waals surface area contributed by atoms with Crippen LogP contribution in [0.2, 0.25) is 0 Å². The standard InChI is InChI=1S/C18H21N3O3/c22-16(19-13-18(17(23)24)9-4-1-5-10-18)14-7-2-3-8-15(14)21-12-6-11-20-21/h2-3,6-8,11-12H,1,4-5,9-10,13H2,(H,19,22)(H,23,24). The van der Waals surface area contributed by atoms with E-state index in [0.717, 1.165) is 19.3 Å². The molecule has 1 aliphatic carbocycles. The fourth-order valence-electron chi connectivity index (χ4n) is 3.32. The van der Waals surface area contributed by atoms with Crippen LogP contribution >= 0.6 is 0 Å². The van der Waals surface area contributed by atoms with Gasteiger partial charge in [0, 0.05) is 18.9 Å². The van der Waals surface area contributed by atoms with Crippen molar-refractivity contribution in [3.8, 4) is 5.69 Å². The molecule has 6 heteroatoms. The van der Waals surface area contributed by atoms with E-state index in [1.807, 2.05) is 12.1 Å². The van der Waals surface area contributed by atoms with Crippen molar-refractivity contribution in [3.63, 3.8) is 0 Å². The third kappa shape index (κ3) is 3.18. The number of para-hydroxylation sites is 1. The summed E-state index contributed by atoms with van der Waals surface area (Å²) < 4.78 is 1.63. The number of carboxylic acids is 1. The largest absolute Gasteiger partial charge is 0.481 e. The number of aliphatic carboxylic acids is 1. The van der Waals surface area contributed by atoms with Crippen LogP contribution in [0.4, 0.5) is 0 Å². The lowest BCUT2D eigenvalue weighted by atomic mass is 9.74. The summed E-state index contributed by atoms with van der Waals surface area (Å²) in [4.78, 5) is 24.3. The zero-order valence-corrected chi connectivity index (χ0v) is 13.4. The normalized spacial score (nSPS) is 16.5. The van der Waals surface area contributed by atoms with Crippen molar-refractivity contribution in [2.24, 2.45) is 5.41 Å². The average Bonchev–Trinajstić information content (AvgIpc) is 3.15. The molecule has 126 valence electrons. The Morgan fingerprint density at radius 3 is 2.58 bits per heavy atom. The van der Waals surface area contributed by atoms with Crippen LogP contribution in [-0.2, 0) is 4.79 Å². The predicted octanol–water partition coefficient (Wildman–Crippen LogP) is 2.64. The number of nitrogens with zero attached hydrogens (tertiary/aromatic N) is 2. The van der Waals surface area contributed by atoms with Gasteiger partial charge in [0.1, 0.15) is 0 Å². The van der Waals surface area contributed by atoms with Crippen molar-refractivity contribution in [2.45, 2.75) is 32.1 Å². The van der Waals surface area contributed by atoms with Crippen molar-refractivity contribution in [2.75, 3.05) is 6.54 Å². The van der Waals surface area contributed by atoms with Crippen LogP contribution < -0.4 is 5.32 Å². The van der Waals surface area contributed by atoms with Gasteiger partial charge < -0.3 is 10.4 Å². The van der Waals surface area contributed by atoms with Gasteiger partial charge in [0.15, 0.2) is 0 Å². The molecule has 0 unspecified atom stereocenters. The van der Waals surface area contributed by atoms with Crippen LogP contribution in [0.1, 0.15) is 42.5 Å². The minimum atomic E-state index is -0.839. The molecule has 0 spiro atoms. The number of benzene rings is 1. The molecule has 6 nitrogen and oxygen atoms in total. The highest BCUT2D eigenvalue weighted by atomic mass is 16.4. The molecule has 1 aliphatic rings. The Kier molecular flexibility index (Phi) is 4.64. The second-order valence-corrected chi connectivity index (χ2v) is 6.30. The Labute approximate surface area is 140 Å². The van der Waals surface area contributed by atoms with Gasteiger partial charge in [-0.25, -0.2) is 4.68 Å². The maximum Gasteiger partial charge on any atom is 0.311 e. The second-order valence-electron chi connectivity index (χ2n) is 6.30. The molecule has 2 aromatic rings. The molecule has 1 aromatic heterocycles. The highest BCUT2D eigenvalue weighted by Gasteiger charge is 2.39. The zero-order chi connectivity index (χ0) is 17.0. The van der Waals surface area contributed by atoms with Crippen molar-refractivity contribution < 1.29 is 14.7 Å². The molecule has 1 amide bonds. The third-order valence-electron chi connectivity index (χ3n) is 4.75. The third-order valence-corrected chi connectivity index (χ3v) is 4.75. The van der Waals surface area contributed by atoms with Crippen molar-refractivity contribution in [1.82, 2.24) is 15.1 Å². The first kappa shape index (κ1) is 16.2. The van der Waals surface area contributed by atoms with Crippen molar-refractivity contribution in [1.29, 1.82) is 0 Å². The Bertz CT molecular complexity index is 719. The fourth-order valence-corrected chi connectivity index (χ4v) is 3.32. The van der Waals surface area contributed by atoms with E-state index in [-0.39, 0.29) is 12.5 Å². The van der Waals surface area contributed by atoms with E-state index >= 15 is 0 Å². The number of carboxylic acid groups (broad SMARTS) is 1. The molecule has 1 heterocycles. The van der Waals surface area contributed by atoms with Gasteiger partial charge in [0.2, 0.25) is 0 Å². The summed E-state index contributed by atoms with van der Waals surface area (Å²) in [6, 6.07) is 8.95. The van der Waals surface area contributed by atoms with Gasteiger partial charge in [0.25, 0.3) is 5.91 Å². The van der Waals surface area contributed by atoms with Gasteiger partial charge in [-0.2, -0.15) is 5.10 Å². The van der Waals surface area contributed by atoms with Gasteiger partial charge >= 0.3 is 5.97 Å². The highest BCUT2D eigenvalue weighted by molar-refractivity contribution is 5.98. The Hall–Kier alpha value is -2.63. The minimum Gasteiger partial charge on any atom is -0.481 e. The molecule has 0 radical (unpaired) electrons. The molecule has 2 N–H and O–H groups in total. The first-order valence-corrected chi connectivity index (χ1v) is 8.23. The van der Waals surface area contributed by atoms with Crippen LogP contribution in [0.3, 0.4) is 0 Å². The quantitative estimate of drug-likeness (QED) is 0.884. The van der Waals surface area contributed by atoms with Crippen molar-refractivity contribution >= 4 is 11.9 Å². The smallest absolute Gasteiger partial charge is 0.311 e. The number of aromatic nitrogens is 2. The van der Waals surface area contributed by atoms with Crippen LogP contribution in [0.5, 0.6) is 0 Å². The first-order chi connectivity index (χ1) is 11.6. The van der Waals surface area contributed by atoms with Gasteiger partial charge in [-0.05, 0) is 31.0 Å². The van der Waals surface area contributed by atoms with E-state index in [1.165, 1.54) is 0 Å². The molecule has 1 aromatic carbocycles. The summed E-state index contributed by atoms with van der Waals surface area (Å²) in [6.45, 7) is 0.161. The summed E-state index contributed by atoms with van der Waals surface area (Å²) >= 11 is 0. The second kappa shape index (κ2) is 6.86. The highest BCUT2D eigenvalue weighted by Crippen LogP contribution is 2.36. The maximum absolute atomic E-state index is 12.6. The topological polar surface area (TPSA) is 84.2 Å². The van der Waals surface area contributed by atoms with Crippen LogP contribution in [-0.4, -0.2) is 33.3 Å². The number of carbonyl (C=O) groups excluding carboxylic acids is 1. The minimum absolute atomic E-state index is 0.161. The Morgan fingerprint density at radius 1 is 1.17 bits per heavy atom. The SMILES string of the molecule is O=C(NCC1(C(=O)O)CCCCC1)c1ccccc1-n1cccn1.